The monoisotopic (exact) mass is 282 g/mol. The third-order valence-corrected chi connectivity index (χ3v) is 3.88. The van der Waals surface area contributed by atoms with E-state index in [-0.39, 0.29) is 6.10 Å². The lowest BCUT2D eigenvalue weighted by molar-refractivity contribution is 0.00278. The first-order chi connectivity index (χ1) is 7.83. The quantitative estimate of drug-likeness (QED) is 0.787. The van der Waals surface area contributed by atoms with Gasteiger partial charge in [0.2, 0.25) is 0 Å². The molecular formula is C13H15BrO2. The summed E-state index contributed by atoms with van der Waals surface area (Å²) < 4.78 is 12.8. The Kier molecular flexibility index (Phi) is 2.90. The van der Waals surface area contributed by atoms with E-state index in [9.17, 15) is 0 Å². The Morgan fingerprint density at radius 1 is 1.19 bits per heavy atom. The van der Waals surface area contributed by atoms with Gasteiger partial charge in [0.15, 0.2) is 0 Å². The van der Waals surface area contributed by atoms with Crippen molar-refractivity contribution in [2.75, 3.05) is 6.61 Å². The van der Waals surface area contributed by atoms with Crippen molar-refractivity contribution in [3.05, 3.63) is 28.2 Å². The molecule has 2 nitrogen and oxygen atoms in total. The van der Waals surface area contributed by atoms with E-state index in [4.69, 9.17) is 9.47 Å². The Morgan fingerprint density at radius 3 is 2.94 bits per heavy atom. The van der Waals surface area contributed by atoms with Crippen LogP contribution in [0, 0.1) is 0 Å². The van der Waals surface area contributed by atoms with Gasteiger partial charge in [-0.15, -0.1) is 0 Å². The lowest BCUT2D eigenvalue weighted by atomic mass is 9.98. The molecular weight excluding hydrogens is 268 g/mol. The van der Waals surface area contributed by atoms with Crippen LogP contribution < -0.4 is 4.74 Å². The number of hydrogen-bond acceptors (Lipinski definition) is 2. The zero-order valence-electron chi connectivity index (χ0n) is 9.12. The van der Waals surface area contributed by atoms with Crippen LogP contribution in [0.4, 0.5) is 0 Å². The minimum Gasteiger partial charge on any atom is -0.487 e. The number of aryl methyl sites for hydroxylation is 1. The van der Waals surface area contributed by atoms with Gasteiger partial charge in [-0.1, -0.05) is 22.0 Å². The summed E-state index contributed by atoms with van der Waals surface area (Å²) in [5.74, 6) is 1.03. The fourth-order valence-corrected chi connectivity index (χ4v) is 2.86. The molecule has 1 aromatic carbocycles. The van der Waals surface area contributed by atoms with Crippen molar-refractivity contribution < 1.29 is 9.47 Å². The van der Waals surface area contributed by atoms with Gasteiger partial charge in [0.05, 0.1) is 6.10 Å². The van der Waals surface area contributed by atoms with E-state index in [1.54, 1.807) is 0 Å². The molecule has 0 bridgehead atoms. The number of fused-ring (bicyclic) bond motifs is 1. The van der Waals surface area contributed by atoms with E-state index < -0.39 is 0 Å². The van der Waals surface area contributed by atoms with Crippen molar-refractivity contribution in [3.63, 3.8) is 0 Å². The van der Waals surface area contributed by atoms with Crippen LogP contribution in [-0.2, 0) is 11.2 Å². The van der Waals surface area contributed by atoms with E-state index in [0.717, 1.165) is 36.1 Å². The molecule has 0 saturated carbocycles. The van der Waals surface area contributed by atoms with Gasteiger partial charge in [-0.25, -0.2) is 0 Å². The van der Waals surface area contributed by atoms with Crippen molar-refractivity contribution in [2.24, 2.45) is 0 Å². The summed E-state index contributed by atoms with van der Waals surface area (Å²) in [6.07, 6.45) is 5.08. The molecule has 0 aromatic heterocycles. The average molecular weight is 283 g/mol. The summed E-state index contributed by atoms with van der Waals surface area (Å²) >= 11 is 3.48. The number of rotatable bonds is 1. The zero-order chi connectivity index (χ0) is 11.0. The molecule has 2 aliphatic rings. The van der Waals surface area contributed by atoms with Gasteiger partial charge in [0.25, 0.3) is 0 Å². The van der Waals surface area contributed by atoms with Crippen LogP contribution in [0.25, 0.3) is 0 Å². The van der Waals surface area contributed by atoms with Gasteiger partial charge in [-0.3, -0.25) is 0 Å². The average Bonchev–Trinajstić information content (AvgIpc) is 2.81. The van der Waals surface area contributed by atoms with E-state index >= 15 is 0 Å². The van der Waals surface area contributed by atoms with Crippen LogP contribution in [0.1, 0.15) is 24.8 Å². The molecule has 2 aliphatic heterocycles. The Bertz CT molecular complexity index is 386. The van der Waals surface area contributed by atoms with Crippen molar-refractivity contribution in [2.45, 2.75) is 37.9 Å². The smallest absolute Gasteiger partial charge is 0.125 e. The van der Waals surface area contributed by atoms with Gasteiger partial charge in [0, 0.05) is 11.1 Å². The van der Waals surface area contributed by atoms with E-state index in [1.807, 2.05) is 0 Å². The first kappa shape index (κ1) is 10.6. The first-order valence-corrected chi connectivity index (χ1v) is 6.69. The topological polar surface area (TPSA) is 18.5 Å². The summed E-state index contributed by atoms with van der Waals surface area (Å²) in [5, 5.41) is 0. The predicted molar refractivity (Wildman–Crippen MR) is 65.9 cm³/mol. The van der Waals surface area contributed by atoms with E-state index in [0.29, 0.717) is 6.10 Å². The molecule has 16 heavy (non-hydrogen) atoms. The van der Waals surface area contributed by atoms with Gasteiger partial charge in [-0.2, -0.15) is 0 Å². The minimum atomic E-state index is 0.254. The summed E-state index contributed by atoms with van der Waals surface area (Å²) in [6.45, 7) is 0.899. The van der Waals surface area contributed by atoms with Gasteiger partial charge < -0.3 is 9.47 Å². The number of hydrogen-bond donors (Lipinski definition) is 0. The maximum Gasteiger partial charge on any atom is 0.125 e. The summed E-state index contributed by atoms with van der Waals surface area (Å²) in [5.41, 5.74) is 1.32. The molecule has 2 heterocycles. The predicted octanol–water partition coefficient (Wildman–Crippen LogP) is 3.32. The first-order valence-electron chi connectivity index (χ1n) is 5.89. The molecule has 0 unspecified atom stereocenters. The molecule has 2 atom stereocenters. The fourth-order valence-electron chi connectivity index (χ4n) is 2.52. The third kappa shape index (κ3) is 1.98. The Balaban J connectivity index is 1.79. The maximum absolute atomic E-state index is 6.04. The van der Waals surface area contributed by atoms with Crippen molar-refractivity contribution in [3.8, 4) is 5.75 Å². The molecule has 3 rings (SSSR count). The molecule has 0 N–H and O–H groups in total. The largest absolute Gasteiger partial charge is 0.487 e. The minimum absolute atomic E-state index is 0.254. The normalized spacial score (nSPS) is 28.6. The highest BCUT2D eigenvalue weighted by Crippen LogP contribution is 2.33. The van der Waals surface area contributed by atoms with E-state index in [2.05, 4.69) is 34.1 Å². The Labute approximate surface area is 104 Å². The standard InChI is InChI=1S/C13H15BrO2/c14-10-5-3-9-4-6-12(16-13(9)8-10)11-2-1-7-15-11/h3,5,8,11-12H,1-2,4,6-7H2/t11-,12-/m0/s1. The molecule has 0 amide bonds. The Morgan fingerprint density at radius 2 is 2.12 bits per heavy atom. The molecule has 1 aromatic rings. The molecule has 0 spiro atoms. The highest BCUT2D eigenvalue weighted by molar-refractivity contribution is 9.10. The number of benzene rings is 1. The van der Waals surface area contributed by atoms with Crippen molar-refractivity contribution in [1.82, 2.24) is 0 Å². The molecule has 0 radical (unpaired) electrons. The SMILES string of the molecule is Brc1ccc2c(c1)O[C@H]([C@@H]1CCCO1)CC2. The van der Waals surface area contributed by atoms with Gasteiger partial charge >= 0.3 is 0 Å². The zero-order valence-corrected chi connectivity index (χ0v) is 10.7. The highest BCUT2D eigenvalue weighted by Gasteiger charge is 2.30. The lowest BCUT2D eigenvalue weighted by Gasteiger charge is -2.29. The Hall–Kier alpha value is -0.540. The second-order valence-corrected chi connectivity index (χ2v) is 5.41. The number of halogens is 1. The molecule has 1 saturated heterocycles. The van der Waals surface area contributed by atoms with Crippen molar-refractivity contribution in [1.29, 1.82) is 0 Å². The number of ether oxygens (including phenoxy) is 2. The third-order valence-electron chi connectivity index (χ3n) is 3.39. The van der Waals surface area contributed by atoms with Gasteiger partial charge in [0.1, 0.15) is 11.9 Å². The fraction of sp³-hybridized carbons (Fsp3) is 0.538. The van der Waals surface area contributed by atoms with Crippen LogP contribution in [0.15, 0.2) is 22.7 Å². The van der Waals surface area contributed by atoms with Crippen LogP contribution in [-0.4, -0.2) is 18.8 Å². The molecule has 0 aliphatic carbocycles. The molecule has 1 fully saturated rings. The second-order valence-electron chi connectivity index (χ2n) is 4.50. The summed E-state index contributed by atoms with van der Waals surface area (Å²) in [7, 11) is 0. The lowest BCUT2D eigenvalue weighted by Crippen LogP contribution is -2.34. The van der Waals surface area contributed by atoms with Crippen molar-refractivity contribution >= 4 is 15.9 Å². The highest BCUT2D eigenvalue weighted by atomic mass is 79.9. The van der Waals surface area contributed by atoms with Crippen LogP contribution >= 0.6 is 15.9 Å². The molecule has 3 heteroatoms. The van der Waals surface area contributed by atoms with E-state index in [1.165, 1.54) is 12.0 Å². The van der Waals surface area contributed by atoms with Gasteiger partial charge in [-0.05, 0) is 43.4 Å². The van der Waals surface area contributed by atoms with Crippen LogP contribution in [0.3, 0.4) is 0 Å². The van der Waals surface area contributed by atoms with Crippen LogP contribution in [0.2, 0.25) is 0 Å². The van der Waals surface area contributed by atoms with Crippen LogP contribution in [0.5, 0.6) is 5.75 Å². The second kappa shape index (κ2) is 4.38. The summed E-state index contributed by atoms with van der Waals surface area (Å²) in [4.78, 5) is 0. The molecule has 86 valence electrons. The maximum atomic E-state index is 6.04. The summed E-state index contributed by atoms with van der Waals surface area (Å²) in [6, 6.07) is 6.29.